The highest BCUT2D eigenvalue weighted by Gasteiger charge is 2.24. The number of thioether (sulfide) groups is 1. The van der Waals surface area contributed by atoms with Crippen molar-refractivity contribution in [1.82, 2.24) is 5.32 Å². The molecule has 174 valence electrons. The molecule has 4 rings (SSSR count). The molecule has 0 bridgehead atoms. The van der Waals surface area contributed by atoms with Crippen LogP contribution in [0.5, 0.6) is 11.5 Å². The molecule has 0 aliphatic carbocycles. The lowest BCUT2D eigenvalue weighted by atomic mass is 10.1. The zero-order valence-electron chi connectivity index (χ0n) is 18.7. The van der Waals surface area contributed by atoms with E-state index < -0.39 is 5.97 Å². The van der Waals surface area contributed by atoms with E-state index in [-0.39, 0.29) is 18.3 Å². The zero-order chi connectivity index (χ0) is 24.2. The topological polar surface area (TPSA) is 110 Å². The predicted molar refractivity (Wildman–Crippen MR) is 130 cm³/mol. The van der Waals surface area contributed by atoms with Crippen molar-refractivity contribution in [2.45, 2.75) is 20.5 Å². The van der Waals surface area contributed by atoms with Crippen LogP contribution >= 0.6 is 11.8 Å². The van der Waals surface area contributed by atoms with Gasteiger partial charge in [-0.1, -0.05) is 12.1 Å². The number of aryl methyl sites for hydroxylation is 2. The van der Waals surface area contributed by atoms with E-state index in [1.54, 1.807) is 30.3 Å². The first-order chi connectivity index (χ1) is 16.3. The molecule has 1 aliphatic heterocycles. The Labute approximate surface area is 200 Å². The fourth-order valence-corrected chi connectivity index (χ4v) is 4.00. The van der Waals surface area contributed by atoms with Crippen LogP contribution in [0.1, 0.15) is 33.0 Å². The van der Waals surface area contributed by atoms with Crippen molar-refractivity contribution in [3.05, 3.63) is 81.6 Å². The quantitative estimate of drug-likeness (QED) is 0.456. The highest BCUT2D eigenvalue weighted by atomic mass is 32.2. The average molecular weight is 479 g/mol. The standard InChI is InChI=1S/C25H22N2O6S/c1-14-4-6-17(10-15(14)2)26-25-27-23(28)22(34-25)12-16-5-8-19(21(11-16)31-3)32-13-18-7-9-20(33-18)24(29)30/h4-12H,13H2,1-3H3,(H,29,30)(H,26,27,28). The van der Waals surface area contributed by atoms with Gasteiger partial charge in [-0.05, 0) is 84.8 Å². The number of hydrogen-bond donors (Lipinski definition) is 2. The Hall–Kier alpha value is -3.98. The van der Waals surface area contributed by atoms with E-state index in [4.69, 9.17) is 19.0 Å². The number of rotatable bonds is 7. The monoisotopic (exact) mass is 478 g/mol. The van der Waals surface area contributed by atoms with E-state index in [0.29, 0.717) is 27.3 Å². The van der Waals surface area contributed by atoms with Gasteiger partial charge >= 0.3 is 5.97 Å². The van der Waals surface area contributed by atoms with Crippen molar-refractivity contribution in [1.29, 1.82) is 0 Å². The van der Waals surface area contributed by atoms with E-state index >= 15 is 0 Å². The van der Waals surface area contributed by atoms with Crippen molar-refractivity contribution in [3.8, 4) is 11.5 Å². The van der Waals surface area contributed by atoms with Gasteiger partial charge in [-0.25, -0.2) is 9.79 Å². The lowest BCUT2D eigenvalue weighted by Crippen LogP contribution is -2.19. The van der Waals surface area contributed by atoms with Crippen LogP contribution in [0.3, 0.4) is 0 Å². The SMILES string of the molecule is COc1cc(C=C2SC(=Nc3ccc(C)c(C)c3)NC2=O)ccc1OCc1ccc(C(=O)O)o1. The third-order valence-corrected chi connectivity index (χ3v) is 6.01. The molecule has 2 heterocycles. The molecule has 1 amide bonds. The number of amidine groups is 1. The number of aromatic carboxylic acids is 1. The number of carboxylic acids is 1. The Morgan fingerprint density at radius 3 is 2.65 bits per heavy atom. The number of methoxy groups -OCH3 is 1. The van der Waals surface area contributed by atoms with Gasteiger partial charge in [-0.2, -0.15) is 0 Å². The molecular formula is C25H22N2O6S. The van der Waals surface area contributed by atoms with E-state index in [9.17, 15) is 9.59 Å². The third-order valence-electron chi connectivity index (χ3n) is 5.10. The van der Waals surface area contributed by atoms with Gasteiger partial charge in [0.1, 0.15) is 12.4 Å². The molecule has 3 aromatic rings. The highest BCUT2D eigenvalue weighted by Crippen LogP contribution is 2.33. The number of amides is 1. The van der Waals surface area contributed by atoms with Crippen molar-refractivity contribution >= 4 is 40.6 Å². The summed E-state index contributed by atoms with van der Waals surface area (Å²) in [6.45, 7) is 4.10. The number of carboxylic acid groups (broad SMARTS) is 1. The molecule has 0 spiro atoms. The number of nitrogens with one attached hydrogen (secondary N) is 1. The molecule has 2 aromatic carbocycles. The largest absolute Gasteiger partial charge is 0.493 e. The summed E-state index contributed by atoms with van der Waals surface area (Å²) in [5, 5.41) is 12.3. The van der Waals surface area contributed by atoms with Crippen LogP contribution in [0.4, 0.5) is 5.69 Å². The van der Waals surface area contributed by atoms with Crippen LogP contribution in [0.25, 0.3) is 6.08 Å². The molecule has 0 atom stereocenters. The van der Waals surface area contributed by atoms with E-state index in [1.165, 1.54) is 30.5 Å². The molecule has 0 saturated carbocycles. The lowest BCUT2D eigenvalue weighted by molar-refractivity contribution is -0.115. The van der Waals surface area contributed by atoms with Crippen molar-refractivity contribution in [2.24, 2.45) is 4.99 Å². The van der Waals surface area contributed by atoms with Crippen LogP contribution in [0, 0.1) is 13.8 Å². The molecule has 8 nitrogen and oxygen atoms in total. The van der Waals surface area contributed by atoms with Gasteiger partial charge in [0.2, 0.25) is 5.76 Å². The smallest absolute Gasteiger partial charge is 0.371 e. The molecule has 34 heavy (non-hydrogen) atoms. The maximum atomic E-state index is 12.4. The Morgan fingerprint density at radius 2 is 1.94 bits per heavy atom. The second kappa shape index (κ2) is 9.88. The second-order valence-corrected chi connectivity index (χ2v) is 8.55. The predicted octanol–water partition coefficient (Wildman–Crippen LogP) is 5.07. The minimum Gasteiger partial charge on any atom is -0.493 e. The second-order valence-electron chi connectivity index (χ2n) is 7.52. The van der Waals surface area contributed by atoms with Gasteiger partial charge in [0, 0.05) is 0 Å². The summed E-state index contributed by atoms with van der Waals surface area (Å²) in [7, 11) is 1.51. The van der Waals surface area contributed by atoms with Crippen LogP contribution < -0.4 is 14.8 Å². The van der Waals surface area contributed by atoms with Crippen molar-refractivity contribution in [2.75, 3.05) is 7.11 Å². The number of furan rings is 1. The molecular weight excluding hydrogens is 456 g/mol. The first-order valence-electron chi connectivity index (χ1n) is 10.3. The van der Waals surface area contributed by atoms with Gasteiger partial charge in [0.15, 0.2) is 16.7 Å². The lowest BCUT2D eigenvalue weighted by Gasteiger charge is -2.10. The number of benzene rings is 2. The maximum Gasteiger partial charge on any atom is 0.371 e. The number of ether oxygens (including phenoxy) is 2. The van der Waals surface area contributed by atoms with Crippen LogP contribution in [-0.2, 0) is 11.4 Å². The van der Waals surface area contributed by atoms with E-state index in [1.807, 2.05) is 32.0 Å². The van der Waals surface area contributed by atoms with Gasteiger partial charge in [-0.15, -0.1) is 0 Å². The Bertz CT molecular complexity index is 1320. The molecule has 1 aliphatic rings. The fourth-order valence-electron chi connectivity index (χ4n) is 3.16. The summed E-state index contributed by atoms with van der Waals surface area (Å²) in [5.74, 6) is -0.220. The number of aliphatic imine (C=N–C) groups is 1. The summed E-state index contributed by atoms with van der Waals surface area (Å²) in [6, 6.07) is 14.1. The van der Waals surface area contributed by atoms with Gasteiger partial charge in [-0.3, -0.25) is 4.79 Å². The van der Waals surface area contributed by atoms with Crippen molar-refractivity contribution in [3.63, 3.8) is 0 Å². The molecule has 0 radical (unpaired) electrons. The number of nitrogens with zero attached hydrogens (tertiary/aromatic N) is 1. The summed E-state index contributed by atoms with van der Waals surface area (Å²) in [4.78, 5) is 28.4. The number of carbonyl (C=O) groups is 2. The van der Waals surface area contributed by atoms with E-state index in [0.717, 1.165) is 16.8 Å². The molecule has 1 aromatic heterocycles. The Morgan fingerprint density at radius 1 is 1.12 bits per heavy atom. The summed E-state index contributed by atoms with van der Waals surface area (Å²) in [5.41, 5.74) is 3.85. The first-order valence-corrected chi connectivity index (χ1v) is 11.1. The van der Waals surface area contributed by atoms with Crippen LogP contribution in [0.2, 0.25) is 0 Å². The highest BCUT2D eigenvalue weighted by molar-refractivity contribution is 8.18. The van der Waals surface area contributed by atoms with Crippen LogP contribution in [0.15, 0.2) is 62.8 Å². The Kier molecular flexibility index (Phi) is 6.74. The molecule has 1 fully saturated rings. The van der Waals surface area contributed by atoms with Gasteiger partial charge < -0.3 is 24.3 Å². The fraction of sp³-hybridized carbons (Fsp3) is 0.160. The van der Waals surface area contributed by atoms with Gasteiger partial charge in [0.25, 0.3) is 5.91 Å². The maximum absolute atomic E-state index is 12.4. The number of hydrogen-bond acceptors (Lipinski definition) is 7. The average Bonchev–Trinajstić information content (AvgIpc) is 3.42. The number of carbonyl (C=O) groups excluding carboxylic acids is 1. The van der Waals surface area contributed by atoms with Gasteiger partial charge in [0.05, 0.1) is 17.7 Å². The molecule has 9 heteroatoms. The molecule has 1 saturated heterocycles. The van der Waals surface area contributed by atoms with Crippen LogP contribution in [-0.4, -0.2) is 29.3 Å². The first kappa shape index (κ1) is 23.2. The minimum atomic E-state index is -1.14. The Balaban J connectivity index is 1.47. The summed E-state index contributed by atoms with van der Waals surface area (Å²) in [6.07, 6.45) is 1.75. The molecule has 2 N–H and O–H groups in total. The minimum absolute atomic E-state index is 0.0423. The zero-order valence-corrected chi connectivity index (χ0v) is 19.6. The normalized spacial score (nSPS) is 15.6. The van der Waals surface area contributed by atoms with E-state index in [2.05, 4.69) is 10.3 Å². The third kappa shape index (κ3) is 5.32. The van der Waals surface area contributed by atoms with Crippen molar-refractivity contribution < 1.29 is 28.6 Å². The summed E-state index contributed by atoms with van der Waals surface area (Å²) < 4.78 is 16.3. The molecule has 0 unspecified atom stereocenters. The summed E-state index contributed by atoms with van der Waals surface area (Å²) >= 11 is 1.27.